The summed E-state index contributed by atoms with van der Waals surface area (Å²) in [6.45, 7) is 4.45. The molecule has 1 fully saturated rings. The number of benzene rings is 3. The van der Waals surface area contributed by atoms with E-state index in [2.05, 4.69) is 50.2 Å². The fraction of sp³-hybridized carbons (Fsp3) is 0.310. The third-order valence-electron chi connectivity index (χ3n) is 8.08. The Bertz CT molecular complexity index is 1280. The Labute approximate surface area is 194 Å². The lowest BCUT2D eigenvalue weighted by atomic mass is 9.54. The second kappa shape index (κ2) is 7.31. The SMILES string of the molecule is CC[C@H](C)c1ccc2c(c1)[C@@H]1c3ccccc3[C@@H]2[C@@H]2C(=O)N(c3ccc(OC)cc3)C(=O)[C@H]12. The Morgan fingerprint density at radius 1 is 0.818 bits per heavy atom. The van der Waals surface area contributed by atoms with Gasteiger partial charge < -0.3 is 4.74 Å². The standard InChI is InChI=1S/C29H27NO3/c1-4-16(2)17-9-14-22-23(15-17)25-21-8-6-5-7-20(21)24(22)26-27(25)29(32)30(28(26)31)18-10-12-19(33-3)13-11-18/h5-16,24-27H,4H2,1-3H3/t16-,24-,25-,26-,27+/m0/s1. The van der Waals surface area contributed by atoms with Gasteiger partial charge in [-0.2, -0.15) is 0 Å². The molecule has 5 atom stereocenters. The summed E-state index contributed by atoms with van der Waals surface area (Å²) in [5, 5.41) is 0. The quantitative estimate of drug-likeness (QED) is 0.499. The molecule has 1 aliphatic heterocycles. The summed E-state index contributed by atoms with van der Waals surface area (Å²) in [4.78, 5) is 29.1. The van der Waals surface area contributed by atoms with Crippen molar-refractivity contribution in [3.8, 4) is 5.75 Å². The van der Waals surface area contributed by atoms with Crippen LogP contribution < -0.4 is 9.64 Å². The highest BCUT2D eigenvalue weighted by atomic mass is 16.5. The van der Waals surface area contributed by atoms with E-state index < -0.39 is 0 Å². The van der Waals surface area contributed by atoms with Crippen molar-refractivity contribution in [2.24, 2.45) is 11.8 Å². The van der Waals surface area contributed by atoms with E-state index in [-0.39, 0.29) is 35.5 Å². The van der Waals surface area contributed by atoms with E-state index in [1.165, 1.54) is 32.7 Å². The van der Waals surface area contributed by atoms with Gasteiger partial charge in [-0.3, -0.25) is 9.59 Å². The van der Waals surface area contributed by atoms with Crippen molar-refractivity contribution >= 4 is 17.5 Å². The van der Waals surface area contributed by atoms with E-state index in [4.69, 9.17) is 4.74 Å². The van der Waals surface area contributed by atoms with Crippen molar-refractivity contribution in [2.75, 3.05) is 12.0 Å². The first-order valence-electron chi connectivity index (χ1n) is 11.8. The molecule has 4 nitrogen and oxygen atoms in total. The van der Waals surface area contributed by atoms with Crippen LogP contribution in [0, 0.1) is 11.8 Å². The summed E-state index contributed by atoms with van der Waals surface area (Å²) >= 11 is 0. The Morgan fingerprint density at radius 2 is 1.39 bits per heavy atom. The summed E-state index contributed by atoms with van der Waals surface area (Å²) in [5.74, 6) is 0.0919. The fourth-order valence-corrected chi connectivity index (χ4v) is 6.27. The summed E-state index contributed by atoms with van der Waals surface area (Å²) < 4.78 is 5.26. The minimum absolute atomic E-state index is 0.0840. The Morgan fingerprint density at radius 3 is 1.97 bits per heavy atom. The highest BCUT2D eigenvalue weighted by molar-refractivity contribution is 6.23. The molecule has 3 aliphatic carbocycles. The second-order valence-electron chi connectivity index (χ2n) is 9.54. The number of hydrogen-bond donors (Lipinski definition) is 0. The number of carbonyl (C=O) groups excluding carboxylic acids is 2. The predicted molar refractivity (Wildman–Crippen MR) is 128 cm³/mol. The third kappa shape index (κ3) is 2.70. The van der Waals surface area contributed by atoms with E-state index in [1.807, 2.05) is 6.07 Å². The van der Waals surface area contributed by atoms with Crippen molar-refractivity contribution < 1.29 is 14.3 Å². The first-order valence-corrected chi connectivity index (χ1v) is 11.8. The van der Waals surface area contributed by atoms with Gasteiger partial charge in [-0.25, -0.2) is 4.90 Å². The van der Waals surface area contributed by atoms with E-state index in [9.17, 15) is 9.59 Å². The van der Waals surface area contributed by atoms with Crippen LogP contribution in [-0.2, 0) is 9.59 Å². The van der Waals surface area contributed by atoms with E-state index >= 15 is 0 Å². The number of amides is 2. The molecule has 0 saturated carbocycles. The first kappa shape index (κ1) is 20.2. The van der Waals surface area contributed by atoms with E-state index in [0.717, 1.165) is 6.42 Å². The van der Waals surface area contributed by atoms with Gasteiger partial charge in [0.1, 0.15) is 5.75 Å². The molecule has 166 valence electrons. The van der Waals surface area contributed by atoms with Crippen molar-refractivity contribution in [3.63, 3.8) is 0 Å². The molecular formula is C29H27NO3. The Kier molecular flexibility index (Phi) is 4.48. The molecule has 3 aromatic rings. The van der Waals surface area contributed by atoms with Crippen LogP contribution in [0.2, 0.25) is 0 Å². The molecule has 2 bridgehead atoms. The zero-order valence-electron chi connectivity index (χ0n) is 19.1. The minimum atomic E-state index is -0.362. The molecular weight excluding hydrogens is 410 g/mol. The number of imide groups is 1. The van der Waals surface area contributed by atoms with Crippen LogP contribution in [0.4, 0.5) is 5.69 Å². The number of nitrogens with zero attached hydrogens (tertiary/aromatic N) is 1. The van der Waals surface area contributed by atoms with Crippen LogP contribution in [0.25, 0.3) is 0 Å². The average molecular weight is 438 g/mol. The number of anilines is 1. The summed E-state index contributed by atoms with van der Waals surface area (Å²) in [5.41, 5.74) is 6.77. The van der Waals surface area contributed by atoms with E-state index in [0.29, 0.717) is 17.4 Å². The largest absolute Gasteiger partial charge is 0.497 e. The lowest BCUT2D eigenvalue weighted by Crippen LogP contribution is -2.41. The summed E-state index contributed by atoms with van der Waals surface area (Å²) in [6, 6.07) is 22.3. The minimum Gasteiger partial charge on any atom is -0.497 e. The van der Waals surface area contributed by atoms with Gasteiger partial charge in [-0.15, -0.1) is 0 Å². The van der Waals surface area contributed by atoms with Gasteiger partial charge in [0.15, 0.2) is 0 Å². The van der Waals surface area contributed by atoms with Gasteiger partial charge in [0.2, 0.25) is 11.8 Å². The number of rotatable bonds is 4. The van der Waals surface area contributed by atoms with Gasteiger partial charge in [0.25, 0.3) is 0 Å². The van der Waals surface area contributed by atoms with Gasteiger partial charge in [-0.1, -0.05) is 56.3 Å². The van der Waals surface area contributed by atoms with Gasteiger partial charge in [0.05, 0.1) is 24.6 Å². The highest BCUT2D eigenvalue weighted by Crippen LogP contribution is 2.61. The Balaban J connectivity index is 1.51. The molecule has 7 rings (SSSR count). The molecule has 3 aromatic carbocycles. The monoisotopic (exact) mass is 437 g/mol. The van der Waals surface area contributed by atoms with Crippen LogP contribution in [0.3, 0.4) is 0 Å². The lowest BCUT2D eigenvalue weighted by Gasteiger charge is -2.46. The summed E-state index contributed by atoms with van der Waals surface area (Å²) in [7, 11) is 1.61. The van der Waals surface area contributed by atoms with Crippen LogP contribution in [0.1, 0.15) is 65.8 Å². The maximum atomic E-state index is 13.9. The highest BCUT2D eigenvalue weighted by Gasteiger charge is 2.61. The lowest BCUT2D eigenvalue weighted by molar-refractivity contribution is -0.122. The zero-order valence-corrected chi connectivity index (χ0v) is 19.1. The maximum Gasteiger partial charge on any atom is 0.238 e. The van der Waals surface area contributed by atoms with Crippen molar-refractivity contribution in [3.05, 3.63) is 94.5 Å². The van der Waals surface area contributed by atoms with Gasteiger partial charge in [-0.05, 0) is 64.4 Å². The van der Waals surface area contributed by atoms with Crippen LogP contribution >= 0.6 is 0 Å². The molecule has 1 heterocycles. The molecule has 33 heavy (non-hydrogen) atoms. The molecule has 4 aliphatic rings. The third-order valence-corrected chi connectivity index (χ3v) is 8.08. The van der Waals surface area contributed by atoms with Gasteiger partial charge in [0, 0.05) is 11.8 Å². The molecule has 0 N–H and O–H groups in total. The van der Waals surface area contributed by atoms with Crippen molar-refractivity contribution in [2.45, 2.75) is 38.0 Å². The smallest absolute Gasteiger partial charge is 0.238 e. The molecule has 0 unspecified atom stereocenters. The first-order chi connectivity index (χ1) is 16.0. The topological polar surface area (TPSA) is 46.6 Å². The van der Waals surface area contributed by atoms with Crippen molar-refractivity contribution in [1.29, 1.82) is 0 Å². The number of carbonyl (C=O) groups is 2. The number of hydrogen-bond acceptors (Lipinski definition) is 3. The predicted octanol–water partition coefficient (Wildman–Crippen LogP) is 5.61. The second-order valence-corrected chi connectivity index (χ2v) is 9.54. The molecule has 0 aromatic heterocycles. The zero-order chi connectivity index (χ0) is 22.9. The average Bonchev–Trinajstić information content (AvgIpc) is 3.13. The van der Waals surface area contributed by atoms with Crippen LogP contribution in [-0.4, -0.2) is 18.9 Å². The Hall–Kier alpha value is -3.40. The van der Waals surface area contributed by atoms with Crippen LogP contribution in [0.15, 0.2) is 66.7 Å². The fourth-order valence-electron chi connectivity index (χ4n) is 6.27. The van der Waals surface area contributed by atoms with Crippen molar-refractivity contribution in [1.82, 2.24) is 0 Å². The normalized spacial score (nSPS) is 25.5. The maximum absolute atomic E-state index is 13.9. The molecule has 0 spiro atoms. The van der Waals surface area contributed by atoms with Gasteiger partial charge >= 0.3 is 0 Å². The number of ether oxygens (including phenoxy) is 1. The summed E-state index contributed by atoms with van der Waals surface area (Å²) in [6.07, 6.45) is 1.07. The molecule has 1 saturated heterocycles. The van der Waals surface area contributed by atoms with E-state index in [1.54, 1.807) is 31.4 Å². The number of methoxy groups -OCH3 is 1. The molecule has 4 heteroatoms. The molecule has 2 amide bonds. The van der Waals surface area contributed by atoms with Crippen LogP contribution in [0.5, 0.6) is 5.75 Å². The molecule has 0 radical (unpaired) electrons.